The Hall–Kier alpha value is -3.88. The molecule has 1 fully saturated rings. The third-order valence-corrected chi connectivity index (χ3v) is 6.30. The number of hydrogen-bond donors (Lipinski definition) is 6. The van der Waals surface area contributed by atoms with Crippen molar-refractivity contribution >= 4 is 23.8 Å². The number of rotatable bonds is 10. The lowest BCUT2D eigenvalue weighted by atomic mass is 9.84. The maximum atomic E-state index is 13.4. The number of carbonyl (C=O) groups excluding carboxylic acids is 1. The minimum absolute atomic E-state index is 0.186. The van der Waals surface area contributed by atoms with Crippen LogP contribution in [0.15, 0.2) is 28.8 Å². The Morgan fingerprint density at radius 1 is 1.10 bits per heavy atom. The number of carbonyl (C=O) groups is 4. The lowest BCUT2D eigenvalue weighted by molar-refractivity contribution is -0.170. The van der Waals surface area contributed by atoms with E-state index < -0.39 is 42.0 Å². The number of hydrogen-bond acceptors (Lipinski definition) is 9. The van der Waals surface area contributed by atoms with Crippen molar-refractivity contribution in [3.63, 3.8) is 0 Å². The molecule has 214 valence electrons. The lowest BCUT2D eigenvalue weighted by Crippen LogP contribution is -2.45. The number of aromatic nitrogens is 1. The maximum absolute atomic E-state index is 13.4. The Kier molecular flexibility index (Phi) is 10.7. The minimum atomic E-state index is -2.74. The molecule has 1 aliphatic rings. The van der Waals surface area contributed by atoms with Crippen LogP contribution in [-0.4, -0.2) is 91.2 Å². The van der Waals surface area contributed by atoms with Gasteiger partial charge in [0.1, 0.15) is 17.1 Å². The van der Waals surface area contributed by atoms with Crippen LogP contribution in [0.4, 0.5) is 4.39 Å². The van der Waals surface area contributed by atoms with E-state index in [2.05, 4.69) is 15.4 Å². The average molecular weight is 554 g/mol. The van der Waals surface area contributed by atoms with Gasteiger partial charge in [-0.2, -0.15) is 0 Å². The predicted molar refractivity (Wildman–Crippen MR) is 131 cm³/mol. The topological polar surface area (TPSA) is 211 Å². The average Bonchev–Trinajstić information content (AvgIpc) is 3.17. The molecule has 1 aromatic carbocycles. The number of nitrogens with zero attached hydrogens (tertiary/aromatic N) is 2. The number of benzene rings is 1. The van der Waals surface area contributed by atoms with Crippen molar-refractivity contribution in [1.29, 1.82) is 0 Å². The van der Waals surface area contributed by atoms with Gasteiger partial charge in [0.25, 0.3) is 5.91 Å². The van der Waals surface area contributed by atoms with Crippen LogP contribution in [0.3, 0.4) is 0 Å². The highest BCUT2D eigenvalue weighted by atomic mass is 19.1. The molecule has 1 aromatic heterocycles. The number of nitrogens with one attached hydrogen (secondary N) is 1. The predicted octanol–water partition coefficient (Wildman–Crippen LogP) is 0.895. The molecule has 2 aromatic rings. The van der Waals surface area contributed by atoms with E-state index in [9.17, 15) is 28.7 Å². The summed E-state index contributed by atoms with van der Waals surface area (Å²) in [5.74, 6) is -5.03. The number of carboxylic acid groups (broad SMARTS) is 3. The standard InChI is InChI=1S/C19H24FN3O3.C6H8O7/c1-13-17(14(2)26-22-13)18(24)21-8-11-23-9-6-19(25,7-10-23)15-4-3-5-16(20)12-15;7-3(8)1-6(13,5(11)12)2-4(9)10/h3-5,12,25H,6-11H2,1-2H3,(H,21,24);13H,1-2H2,(H,7,8)(H,9,10)(H,11,12). The first-order valence-corrected chi connectivity index (χ1v) is 12.0. The number of aliphatic carboxylic acids is 3. The number of halogens is 1. The van der Waals surface area contributed by atoms with Crippen LogP contribution in [0.1, 0.15) is 53.1 Å². The van der Waals surface area contributed by atoms with Crippen LogP contribution in [-0.2, 0) is 20.0 Å². The summed E-state index contributed by atoms with van der Waals surface area (Å²) in [5, 5.41) is 51.3. The second-order valence-corrected chi connectivity index (χ2v) is 9.32. The van der Waals surface area contributed by atoms with Gasteiger partial charge >= 0.3 is 17.9 Å². The minimum Gasteiger partial charge on any atom is -0.481 e. The SMILES string of the molecule is Cc1noc(C)c1C(=O)NCCN1CCC(O)(c2cccc(F)c2)CC1.O=C(O)CC(O)(CC(=O)O)C(=O)O. The van der Waals surface area contributed by atoms with Crippen molar-refractivity contribution < 1.29 is 53.6 Å². The van der Waals surface area contributed by atoms with Crippen LogP contribution in [0.5, 0.6) is 0 Å². The van der Waals surface area contributed by atoms with Gasteiger partial charge in [-0.3, -0.25) is 14.4 Å². The third-order valence-electron chi connectivity index (χ3n) is 6.30. The molecule has 1 saturated heterocycles. The monoisotopic (exact) mass is 553 g/mol. The van der Waals surface area contributed by atoms with Crippen molar-refractivity contribution in [3.8, 4) is 0 Å². The van der Waals surface area contributed by atoms with Gasteiger partial charge in [-0.1, -0.05) is 17.3 Å². The van der Waals surface area contributed by atoms with Gasteiger partial charge in [-0.05, 0) is 44.4 Å². The second kappa shape index (κ2) is 13.3. The number of amides is 1. The summed E-state index contributed by atoms with van der Waals surface area (Å²) in [6.07, 6.45) is -1.22. The number of carboxylic acids is 3. The highest BCUT2D eigenvalue weighted by molar-refractivity contribution is 5.96. The Labute approximate surface area is 222 Å². The van der Waals surface area contributed by atoms with Crippen LogP contribution < -0.4 is 5.32 Å². The van der Waals surface area contributed by atoms with Gasteiger partial charge in [-0.15, -0.1) is 0 Å². The fourth-order valence-electron chi connectivity index (χ4n) is 4.15. The van der Waals surface area contributed by atoms with E-state index in [4.69, 9.17) is 24.9 Å². The number of likely N-dealkylation sites (tertiary alicyclic amines) is 1. The quantitative estimate of drug-likeness (QED) is 0.242. The maximum Gasteiger partial charge on any atom is 0.336 e. The molecule has 2 heterocycles. The zero-order valence-corrected chi connectivity index (χ0v) is 21.5. The summed E-state index contributed by atoms with van der Waals surface area (Å²) in [5.41, 5.74) is -2.03. The molecule has 0 atom stereocenters. The first-order chi connectivity index (χ1) is 18.2. The van der Waals surface area contributed by atoms with Gasteiger partial charge < -0.3 is 40.3 Å². The Morgan fingerprint density at radius 3 is 2.15 bits per heavy atom. The summed E-state index contributed by atoms with van der Waals surface area (Å²) in [6.45, 7) is 6.02. The van der Waals surface area contributed by atoms with Crippen molar-refractivity contribution in [2.75, 3.05) is 26.2 Å². The molecule has 39 heavy (non-hydrogen) atoms. The first-order valence-electron chi connectivity index (χ1n) is 12.0. The zero-order chi connectivity index (χ0) is 29.4. The summed E-state index contributed by atoms with van der Waals surface area (Å²) in [4.78, 5) is 44.9. The van der Waals surface area contributed by atoms with Crippen LogP contribution in [0, 0.1) is 19.7 Å². The molecular formula is C25H32FN3O10. The molecule has 14 heteroatoms. The van der Waals surface area contributed by atoms with E-state index in [1.54, 1.807) is 26.0 Å². The zero-order valence-electron chi connectivity index (χ0n) is 21.5. The van der Waals surface area contributed by atoms with Crippen LogP contribution in [0.2, 0.25) is 0 Å². The first kappa shape index (κ1) is 31.3. The second-order valence-electron chi connectivity index (χ2n) is 9.32. The Morgan fingerprint density at radius 2 is 1.69 bits per heavy atom. The third kappa shape index (κ3) is 8.84. The molecule has 3 rings (SSSR count). The normalized spacial score (nSPS) is 15.1. The smallest absolute Gasteiger partial charge is 0.336 e. The molecule has 1 amide bonds. The van der Waals surface area contributed by atoms with Crippen molar-refractivity contribution in [2.45, 2.75) is 50.7 Å². The lowest BCUT2D eigenvalue weighted by Gasteiger charge is -2.38. The fraction of sp³-hybridized carbons (Fsp3) is 0.480. The highest BCUT2D eigenvalue weighted by Gasteiger charge is 2.40. The molecule has 13 nitrogen and oxygen atoms in total. The Bertz CT molecular complexity index is 1160. The summed E-state index contributed by atoms with van der Waals surface area (Å²) >= 11 is 0. The van der Waals surface area contributed by atoms with Crippen molar-refractivity contribution in [2.24, 2.45) is 0 Å². The summed E-state index contributed by atoms with van der Waals surface area (Å²) < 4.78 is 18.4. The van der Waals surface area contributed by atoms with Gasteiger partial charge in [-0.25, -0.2) is 9.18 Å². The van der Waals surface area contributed by atoms with Crippen LogP contribution in [0.25, 0.3) is 0 Å². The molecule has 6 N–H and O–H groups in total. The van der Waals surface area contributed by atoms with E-state index in [1.165, 1.54) is 12.1 Å². The van der Waals surface area contributed by atoms with E-state index in [1.807, 2.05) is 0 Å². The van der Waals surface area contributed by atoms with Gasteiger partial charge in [0.15, 0.2) is 5.60 Å². The Balaban J connectivity index is 0.000000349. The highest BCUT2D eigenvalue weighted by Crippen LogP contribution is 2.32. The van der Waals surface area contributed by atoms with E-state index in [-0.39, 0.29) is 11.7 Å². The van der Waals surface area contributed by atoms with E-state index >= 15 is 0 Å². The number of aliphatic hydroxyl groups is 2. The molecule has 0 saturated carbocycles. The molecule has 0 aliphatic carbocycles. The molecule has 0 radical (unpaired) electrons. The van der Waals surface area contributed by atoms with Gasteiger partial charge in [0, 0.05) is 26.2 Å². The van der Waals surface area contributed by atoms with Gasteiger partial charge in [0.05, 0.1) is 24.1 Å². The summed E-state index contributed by atoms with van der Waals surface area (Å²) in [6, 6.07) is 6.17. The number of aryl methyl sites for hydroxylation is 2. The van der Waals surface area contributed by atoms with Crippen molar-refractivity contribution in [1.82, 2.24) is 15.4 Å². The molecule has 0 bridgehead atoms. The molecular weight excluding hydrogens is 521 g/mol. The summed E-state index contributed by atoms with van der Waals surface area (Å²) in [7, 11) is 0. The number of piperidine rings is 1. The van der Waals surface area contributed by atoms with E-state index in [0.717, 1.165) is 0 Å². The van der Waals surface area contributed by atoms with Crippen molar-refractivity contribution in [3.05, 3.63) is 52.7 Å². The van der Waals surface area contributed by atoms with E-state index in [0.29, 0.717) is 61.6 Å². The molecule has 0 unspecified atom stereocenters. The fourth-order valence-corrected chi connectivity index (χ4v) is 4.15. The largest absolute Gasteiger partial charge is 0.481 e. The molecule has 0 spiro atoms. The molecule has 1 aliphatic heterocycles. The van der Waals surface area contributed by atoms with Gasteiger partial charge in [0.2, 0.25) is 0 Å². The van der Waals surface area contributed by atoms with Crippen LogP contribution >= 0.6 is 0 Å².